The van der Waals surface area contributed by atoms with Gasteiger partial charge < -0.3 is 5.73 Å². The highest BCUT2D eigenvalue weighted by molar-refractivity contribution is 5.43. The zero-order chi connectivity index (χ0) is 9.47. The molecule has 1 unspecified atom stereocenters. The lowest BCUT2D eigenvalue weighted by molar-refractivity contribution is 0.728. The first-order valence-corrected chi connectivity index (χ1v) is 4.74. The Labute approximate surface area is 78.7 Å². The van der Waals surface area contributed by atoms with Crippen molar-refractivity contribution in [2.75, 3.05) is 0 Å². The highest BCUT2D eigenvalue weighted by Crippen LogP contribution is 2.52. The molecule has 0 bridgehead atoms. The van der Waals surface area contributed by atoms with Gasteiger partial charge in [0.05, 0.1) is 11.5 Å². The van der Waals surface area contributed by atoms with E-state index in [4.69, 9.17) is 11.0 Å². The summed E-state index contributed by atoms with van der Waals surface area (Å²) in [4.78, 5) is 0. The first-order chi connectivity index (χ1) is 6.18. The van der Waals surface area contributed by atoms with Crippen LogP contribution in [0.4, 0.5) is 0 Å². The molecule has 2 aliphatic carbocycles. The fraction of sp³-hybridized carbons (Fsp3) is 0.545. The van der Waals surface area contributed by atoms with Gasteiger partial charge in [-0.3, -0.25) is 0 Å². The van der Waals surface area contributed by atoms with Crippen LogP contribution in [0, 0.1) is 16.7 Å². The van der Waals surface area contributed by atoms with E-state index in [1.165, 1.54) is 11.1 Å². The molecule has 2 rings (SSSR count). The minimum Gasteiger partial charge on any atom is -0.324 e. The lowest BCUT2D eigenvalue weighted by Crippen LogP contribution is -2.23. The van der Waals surface area contributed by atoms with Gasteiger partial charge in [-0.15, -0.1) is 0 Å². The van der Waals surface area contributed by atoms with Gasteiger partial charge in [0.15, 0.2) is 0 Å². The Bertz CT molecular complexity index is 326. The van der Waals surface area contributed by atoms with E-state index in [1.54, 1.807) is 0 Å². The minimum atomic E-state index is -0.137. The maximum absolute atomic E-state index is 9.01. The van der Waals surface area contributed by atoms with Gasteiger partial charge in [0.1, 0.15) is 0 Å². The molecular weight excluding hydrogens is 160 g/mol. The Balaban J connectivity index is 2.25. The van der Waals surface area contributed by atoms with Crippen LogP contribution in [0.15, 0.2) is 23.3 Å². The molecule has 68 valence electrons. The first kappa shape index (κ1) is 8.52. The highest BCUT2D eigenvalue weighted by atomic mass is 14.6. The van der Waals surface area contributed by atoms with E-state index >= 15 is 0 Å². The molecule has 1 fully saturated rings. The van der Waals surface area contributed by atoms with E-state index in [0.717, 1.165) is 19.3 Å². The topological polar surface area (TPSA) is 49.8 Å². The number of hydrogen-bond donors (Lipinski definition) is 1. The van der Waals surface area contributed by atoms with Crippen molar-refractivity contribution in [2.45, 2.75) is 32.2 Å². The van der Waals surface area contributed by atoms with Crippen molar-refractivity contribution in [3.05, 3.63) is 23.3 Å². The average molecular weight is 174 g/mol. The van der Waals surface area contributed by atoms with Crippen molar-refractivity contribution in [2.24, 2.45) is 11.1 Å². The minimum absolute atomic E-state index is 0.137. The molecule has 0 spiro atoms. The van der Waals surface area contributed by atoms with Crippen LogP contribution in [0.2, 0.25) is 0 Å². The van der Waals surface area contributed by atoms with E-state index in [0.29, 0.717) is 0 Å². The Morgan fingerprint density at radius 2 is 2.31 bits per heavy atom. The third kappa shape index (κ3) is 1.30. The number of rotatable bonds is 1. The summed E-state index contributed by atoms with van der Waals surface area (Å²) >= 11 is 0. The molecule has 0 aromatic carbocycles. The van der Waals surface area contributed by atoms with Gasteiger partial charge in [-0.1, -0.05) is 17.7 Å². The van der Waals surface area contributed by atoms with E-state index in [2.05, 4.69) is 18.2 Å². The third-order valence-corrected chi connectivity index (χ3v) is 3.08. The fourth-order valence-corrected chi connectivity index (χ4v) is 1.77. The van der Waals surface area contributed by atoms with Crippen LogP contribution in [0.5, 0.6) is 0 Å². The molecule has 0 aromatic heterocycles. The van der Waals surface area contributed by atoms with Crippen molar-refractivity contribution in [3.8, 4) is 6.07 Å². The fourth-order valence-electron chi connectivity index (χ4n) is 1.77. The quantitative estimate of drug-likeness (QED) is 0.660. The normalized spacial score (nSPS) is 30.1. The summed E-state index contributed by atoms with van der Waals surface area (Å²) < 4.78 is 0. The van der Waals surface area contributed by atoms with Crippen LogP contribution in [-0.4, -0.2) is 6.04 Å². The summed E-state index contributed by atoms with van der Waals surface area (Å²) in [5.41, 5.74) is 8.12. The molecule has 0 aromatic rings. The van der Waals surface area contributed by atoms with Crippen molar-refractivity contribution < 1.29 is 0 Å². The molecule has 2 nitrogen and oxygen atoms in total. The summed E-state index contributed by atoms with van der Waals surface area (Å²) in [6, 6.07) is 2.57. The summed E-state index contributed by atoms with van der Waals surface area (Å²) in [7, 11) is 0. The van der Waals surface area contributed by atoms with Crippen molar-refractivity contribution in [1.29, 1.82) is 5.26 Å². The van der Waals surface area contributed by atoms with Crippen LogP contribution in [0.25, 0.3) is 0 Å². The summed E-state index contributed by atoms with van der Waals surface area (Å²) in [6.45, 7) is 2.05. The maximum Gasteiger partial charge on any atom is 0.0820 e. The molecule has 2 heteroatoms. The molecular formula is C11H14N2. The van der Waals surface area contributed by atoms with Crippen molar-refractivity contribution in [3.63, 3.8) is 0 Å². The van der Waals surface area contributed by atoms with Gasteiger partial charge in [0.2, 0.25) is 0 Å². The molecule has 2 N–H and O–H groups in total. The number of nitriles is 1. The molecule has 0 saturated heterocycles. The Morgan fingerprint density at radius 3 is 2.77 bits per heavy atom. The van der Waals surface area contributed by atoms with Gasteiger partial charge >= 0.3 is 0 Å². The zero-order valence-corrected chi connectivity index (χ0v) is 7.88. The average Bonchev–Trinajstić information content (AvgIpc) is 2.90. The lowest BCUT2D eigenvalue weighted by atomic mass is 9.88. The Hall–Kier alpha value is -1.07. The highest BCUT2D eigenvalue weighted by Gasteiger charge is 2.46. The van der Waals surface area contributed by atoms with E-state index in [-0.39, 0.29) is 11.5 Å². The van der Waals surface area contributed by atoms with Crippen LogP contribution in [0.1, 0.15) is 26.2 Å². The van der Waals surface area contributed by atoms with Crippen LogP contribution in [0.3, 0.4) is 0 Å². The molecule has 13 heavy (non-hydrogen) atoms. The largest absolute Gasteiger partial charge is 0.324 e. The SMILES string of the molecule is CC1=CC(C2(C#N)CC2)=CCC1N. The number of nitrogens with zero attached hydrogens (tertiary/aromatic N) is 1. The van der Waals surface area contributed by atoms with Crippen molar-refractivity contribution in [1.82, 2.24) is 0 Å². The monoisotopic (exact) mass is 174 g/mol. The van der Waals surface area contributed by atoms with Gasteiger partial charge in [-0.25, -0.2) is 0 Å². The summed E-state index contributed by atoms with van der Waals surface area (Å²) in [5.74, 6) is 0. The second kappa shape index (κ2) is 2.71. The second-order valence-electron chi connectivity index (χ2n) is 4.08. The molecule has 0 heterocycles. The third-order valence-electron chi connectivity index (χ3n) is 3.08. The van der Waals surface area contributed by atoms with E-state index in [1.807, 2.05) is 6.92 Å². The van der Waals surface area contributed by atoms with Crippen LogP contribution < -0.4 is 5.73 Å². The smallest absolute Gasteiger partial charge is 0.0820 e. The zero-order valence-electron chi connectivity index (χ0n) is 7.88. The predicted octanol–water partition coefficient (Wildman–Crippen LogP) is 1.89. The standard InChI is InChI=1S/C11H14N2/c1-8-6-9(2-3-10(8)13)11(7-12)4-5-11/h2,6,10H,3-5,13H2,1H3. The van der Waals surface area contributed by atoms with E-state index < -0.39 is 0 Å². The Morgan fingerprint density at radius 1 is 1.62 bits per heavy atom. The summed E-state index contributed by atoms with van der Waals surface area (Å²) in [6.07, 6.45) is 7.17. The maximum atomic E-state index is 9.01. The van der Waals surface area contributed by atoms with Gasteiger partial charge in [-0.05, 0) is 31.8 Å². The van der Waals surface area contributed by atoms with Gasteiger partial charge in [-0.2, -0.15) is 5.26 Å². The first-order valence-electron chi connectivity index (χ1n) is 4.74. The van der Waals surface area contributed by atoms with Gasteiger partial charge in [0, 0.05) is 6.04 Å². The molecule has 1 saturated carbocycles. The van der Waals surface area contributed by atoms with Crippen LogP contribution in [-0.2, 0) is 0 Å². The molecule has 0 amide bonds. The molecule has 2 aliphatic rings. The van der Waals surface area contributed by atoms with E-state index in [9.17, 15) is 0 Å². The molecule has 0 aliphatic heterocycles. The molecule has 0 radical (unpaired) electrons. The summed E-state index contributed by atoms with van der Waals surface area (Å²) in [5, 5.41) is 9.01. The second-order valence-corrected chi connectivity index (χ2v) is 4.08. The Kier molecular flexibility index (Phi) is 1.78. The number of nitrogens with two attached hydrogens (primary N) is 1. The number of allylic oxidation sites excluding steroid dienone is 2. The predicted molar refractivity (Wildman–Crippen MR) is 51.7 cm³/mol. The lowest BCUT2D eigenvalue weighted by Gasteiger charge is -2.19. The van der Waals surface area contributed by atoms with Crippen LogP contribution >= 0.6 is 0 Å². The van der Waals surface area contributed by atoms with Gasteiger partial charge in [0.25, 0.3) is 0 Å². The number of hydrogen-bond acceptors (Lipinski definition) is 2. The molecule has 1 atom stereocenters. The van der Waals surface area contributed by atoms with Crippen molar-refractivity contribution >= 4 is 0 Å².